The molecule has 1 saturated heterocycles. The summed E-state index contributed by atoms with van der Waals surface area (Å²) < 4.78 is 19.5. The third-order valence-corrected chi connectivity index (χ3v) is 6.31. The number of aryl methyl sites for hydroxylation is 1. The Labute approximate surface area is 176 Å². The van der Waals surface area contributed by atoms with Crippen LogP contribution >= 0.6 is 11.8 Å². The van der Waals surface area contributed by atoms with Crippen LogP contribution in [-0.2, 0) is 16.0 Å². The number of nitrogens with zero attached hydrogens (tertiary/aromatic N) is 2. The van der Waals surface area contributed by atoms with Crippen molar-refractivity contribution in [3.8, 4) is 0 Å². The van der Waals surface area contributed by atoms with Gasteiger partial charge in [-0.25, -0.2) is 9.18 Å². The first kappa shape index (κ1) is 21.9. The van der Waals surface area contributed by atoms with Crippen LogP contribution in [-0.4, -0.2) is 65.6 Å². The molecule has 0 saturated carbocycles. The van der Waals surface area contributed by atoms with Crippen LogP contribution in [0.3, 0.4) is 0 Å². The van der Waals surface area contributed by atoms with Crippen LogP contribution in [0.2, 0.25) is 0 Å². The van der Waals surface area contributed by atoms with Crippen LogP contribution in [0.25, 0.3) is 0 Å². The second kappa shape index (κ2) is 10.3. The Hall–Kier alpha value is -1.83. The van der Waals surface area contributed by atoms with Gasteiger partial charge in [-0.15, -0.1) is 11.8 Å². The highest BCUT2D eigenvalue weighted by molar-refractivity contribution is 8.03. The summed E-state index contributed by atoms with van der Waals surface area (Å²) in [6.07, 6.45) is 3.41. The highest BCUT2D eigenvalue weighted by Gasteiger charge is 2.34. The fourth-order valence-corrected chi connectivity index (χ4v) is 4.93. The molecular weight excluding hydrogens is 391 g/mol. The molecule has 2 aliphatic rings. The quantitative estimate of drug-likeness (QED) is 0.692. The maximum atomic E-state index is 14.0. The first-order valence-corrected chi connectivity index (χ1v) is 11.1. The lowest BCUT2D eigenvalue weighted by Gasteiger charge is -2.44. The molecule has 0 amide bonds. The molecule has 1 unspecified atom stereocenters. The average molecular weight is 421 g/mol. The van der Waals surface area contributed by atoms with E-state index < -0.39 is 5.97 Å². The summed E-state index contributed by atoms with van der Waals surface area (Å²) in [5, 5.41) is 10.6. The van der Waals surface area contributed by atoms with Crippen LogP contribution in [0.15, 0.2) is 46.5 Å². The molecule has 7 heteroatoms. The van der Waals surface area contributed by atoms with Gasteiger partial charge in [0.1, 0.15) is 12.0 Å². The molecule has 2 heterocycles. The molecule has 0 radical (unpaired) electrons. The molecule has 158 valence electrons. The van der Waals surface area contributed by atoms with Crippen molar-refractivity contribution in [2.75, 3.05) is 38.6 Å². The highest BCUT2D eigenvalue weighted by atomic mass is 32.2. The number of hydrogen-bond donors (Lipinski definition) is 1. The number of ether oxygens (including phenoxy) is 1. The maximum absolute atomic E-state index is 14.0. The van der Waals surface area contributed by atoms with Gasteiger partial charge in [0.25, 0.3) is 0 Å². The molecule has 5 nitrogen and oxygen atoms in total. The Bertz CT molecular complexity index is 790. The van der Waals surface area contributed by atoms with E-state index in [4.69, 9.17) is 4.74 Å². The number of carbonyl (C=O) groups is 1. The Morgan fingerprint density at radius 3 is 2.69 bits per heavy atom. The van der Waals surface area contributed by atoms with Crippen molar-refractivity contribution in [1.29, 1.82) is 0 Å². The molecule has 3 rings (SSSR count). The first-order valence-electron chi connectivity index (χ1n) is 10.1. The fourth-order valence-electron chi connectivity index (χ4n) is 3.90. The second-order valence-electron chi connectivity index (χ2n) is 7.22. The number of carboxylic acid groups (broad SMARTS) is 1. The van der Waals surface area contributed by atoms with Crippen molar-refractivity contribution in [2.24, 2.45) is 0 Å². The van der Waals surface area contributed by atoms with Gasteiger partial charge in [-0.05, 0) is 48.8 Å². The predicted octanol–water partition coefficient (Wildman–Crippen LogP) is 3.73. The summed E-state index contributed by atoms with van der Waals surface area (Å²) in [6.45, 7) is 7.56. The van der Waals surface area contributed by atoms with Crippen LogP contribution < -0.4 is 0 Å². The molecule has 1 fully saturated rings. The van der Waals surface area contributed by atoms with E-state index in [0.717, 1.165) is 35.9 Å². The summed E-state index contributed by atoms with van der Waals surface area (Å²) in [5.41, 5.74) is 1.88. The van der Waals surface area contributed by atoms with E-state index in [0.29, 0.717) is 37.3 Å². The minimum absolute atomic E-state index is 0.00308. The summed E-state index contributed by atoms with van der Waals surface area (Å²) >= 11 is 1.57. The lowest BCUT2D eigenvalue weighted by atomic mass is 10.0. The third kappa shape index (κ3) is 5.21. The van der Waals surface area contributed by atoms with Crippen molar-refractivity contribution in [3.05, 3.63) is 57.9 Å². The van der Waals surface area contributed by atoms with E-state index in [-0.39, 0.29) is 12.0 Å². The van der Waals surface area contributed by atoms with Crippen LogP contribution in [0.1, 0.15) is 25.8 Å². The molecule has 1 atom stereocenters. The van der Waals surface area contributed by atoms with E-state index in [2.05, 4.69) is 15.9 Å². The van der Waals surface area contributed by atoms with E-state index in [1.807, 2.05) is 26.0 Å². The SMILES string of the molecule is CCSC1=C(C(=O)O)C(C)=CC(N2CCOCC2)N1CCCc1ccccc1F. The Morgan fingerprint density at radius 2 is 2.03 bits per heavy atom. The minimum Gasteiger partial charge on any atom is -0.478 e. The molecular formula is C22H29FN2O3S. The second-order valence-corrected chi connectivity index (χ2v) is 8.47. The Balaban J connectivity index is 1.85. The van der Waals surface area contributed by atoms with Crippen molar-refractivity contribution in [1.82, 2.24) is 9.80 Å². The molecule has 29 heavy (non-hydrogen) atoms. The fraction of sp³-hybridized carbons (Fsp3) is 0.500. The first-order chi connectivity index (χ1) is 14.0. The molecule has 0 bridgehead atoms. The largest absolute Gasteiger partial charge is 0.478 e. The Morgan fingerprint density at radius 1 is 1.31 bits per heavy atom. The topological polar surface area (TPSA) is 53.0 Å². The summed E-state index contributed by atoms with van der Waals surface area (Å²) in [6, 6.07) is 6.85. The minimum atomic E-state index is -0.894. The molecule has 1 N–H and O–H groups in total. The predicted molar refractivity (Wildman–Crippen MR) is 114 cm³/mol. The van der Waals surface area contributed by atoms with Crippen molar-refractivity contribution >= 4 is 17.7 Å². The van der Waals surface area contributed by atoms with E-state index >= 15 is 0 Å². The van der Waals surface area contributed by atoms with Crippen molar-refractivity contribution in [2.45, 2.75) is 32.9 Å². The molecule has 2 aliphatic heterocycles. The van der Waals surface area contributed by atoms with Gasteiger partial charge in [0, 0.05) is 19.6 Å². The van der Waals surface area contributed by atoms with E-state index in [1.165, 1.54) is 6.07 Å². The smallest absolute Gasteiger partial charge is 0.338 e. The van der Waals surface area contributed by atoms with Crippen LogP contribution in [0.4, 0.5) is 4.39 Å². The number of morpholine rings is 1. The average Bonchev–Trinajstić information content (AvgIpc) is 2.71. The molecule has 0 aliphatic carbocycles. The van der Waals surface area contributed by atoms with Gasteiger partial charge in [0.05, 0.1) is 23.8 Å². The number of hydrogen-bond acceptors (Lipinski definition) is 5. The van der Waals surface area contributed by atoms with Gasteiger partial charge in [0.2, 0.25) is 0 Å². The lowest BCUT2D eigenvalue weighted by Crippen LogP contribution is -2.52. The van der Waals surface area contributed by atoms with Gasteiger partial charge >= 0.3 is 5.97 Å². The van der Waals surface area contributed by atoms with Gasteiger partial charge in [-0.3, -0.25) is 4.90 Å². The van der Waals surface area contributed by atoms with Crippen molar-refractivity contribution < 1.29 is 19.0 Å². The highest BCUT2D eigenvalue weighted by Crippen LogP contribution is 2.36. The number of halogens is 1. The number of carboxylic acids is 1. The van der Waals surface area contributed by atoms with Gasteiger partial charge in [0.15, 0.2) is 0 Å². The molecule has 1 aromatic rings. The monoisotopic (exact) mass is 420 g/mol. The third-order valence-electron chi connectivity index (χ3n) is 5.31. The van der Waals surface area contributed by atoms with Crippen molar-refractivity contribution in [3.63, 3.8) is 0 Å². The van der Waals surface area contributed by atoms with Crippen LogP contribution in [0, 0.1) is 5.82 Å². The standard InChI is InChI=1S/C22H29FN2O3S/c1-3-29-21-20(22(26)27)16(2)15-19(24-11-13-28-14-12-24)25(21)10-6-8-17-7-4-5-9-18(17)23/h4-5,7,9,15,19H,3,6,8,10-14H2,1-2H3,(H,26,27). The summed E-state index contributed by atoms with van der Waals surface area (Å²) in [7, 11) is 0. The van der Waals surface area contributed by atoms with Gasteiger partial charge < -0.3 is 14.7 Å². The maximum Gasteiger partial charge on any atom is 0.338 e. The molecule has 1 aromatic carbocycles. The Kier molecular flexibility index (Phi) is 7.75. The van der Waals surface area contributed by atoms with Gasteiger partial charge in [-0.2, -0.15) is 0 Å². The normalized spacial score (nSPS) is 20.7. The van der Waals surface area contributed by atoms with Crippen LogP contribution in [0.5, 0.6) is 0 Å². The lowest BCUT2D eigenvalue weighted by molar-refractivity contribution is -0.132. The van der Waals surface area contributed by atoms with E-state index in [9.17, 15) is 14.3 Å². The van der Waals surface area contributed by atoms with Gasteiger partial charge in [-0.1, -0.05) is 25.1 Å². The summed E-state index contributed by atoms with van der Waals surface area (Å²) in [4.78, 5) is 16.5. The summed E-state index contributed by atoms with van der Waals surface area (Å²) in [5.74, 6) is -0.287. The zero-order valence-electron chi connectivity index (χ0n) is 17.1. The van der Waals surface area contributed by atoms with E-state index in [1.54, 1.807) is 17.8 Å². The number of benzene rings is 1. The zero-order chi connectivity index (χ0) is 20.8. The zero-order valence-corrected chi connectivity index (χ0v) is 17.9. The number of thioether (sulfide) groups is 1. The molecule has 0 aromatic heterocycles. The molecule has 0 spiro atoms. The number of rotatable bonds is 8. The number of aliphatic carboxylic acids is 1.